The minimum atomic E-state index is -1.29. The van der Waals surface area contributed by atoms with Gasteiger partial charge < -0.3 is 0 Å². The Morgan fingerprint density at radius 3 is 2.31 bits per heavy atom. The van der Waals surface area contributed by atoms with Crippen LogP contribution < -0.4 is 0 Å². The molecule has 0 bridgehead atoms. The molecule has 0 aromatic heterocycles. The Hall–Kier alpha value is -0.963. The molecule has 0 saturated carbocycles. The predicted octanol–water partition coefficient (Wildman–Crippen LogP) is 3.66. The number of hydrogen-bond donors (Lipinski definition) is 0. The van der Waals surface area contributed by atoms with E-state index in [1.165, 1.54) is 0 Å². The summed E-state index contributed by atoms with van der Waals surface area (Å²) in [5.74, 6) is 9.30. The zero-order valence-electron chi connectivity index (χ0n) is 9.89. The topological polar surface area (TPSA) is 0 Å². The normalized spacial score (nSPS) is 9.75. The van der Waals surface area contributed by atoms with Gasteiger partial charge in [-0.15, -0.1) is 5.54 Å². The lowest BCUT2D eigenvalue weighted by atomic mass is 10.1. The van der Waals surface area contributed by atoms with E-state index in [2.05, 4.69) is 58.9 Å². The van der Waals surface area contributed by atoms with Crippen LogP contribution in [-0.2, 0) is 0 Å². The van der Waals surface area contributed by atoms with Gasteiger partial charge in [-0.25, -0.2) is 0 Å². The summed E-state index contributed by atoms with van der Waals surface area (Å²) in [4.78, 5) is 0. The highest BCUT2D eigenvalue weighted by Crippen LogP contribution is 2.04. The van der Waals surface area contributed by atoms with Gasteiger partial charge in [0.1, 0.15) is 8.07 Å². The van der Waals surface area contributed by atoms with Crippen molar-refractivity contribution in [3.63, 3.8) is 0 Å². The standard InChI is InChI=1S/C14H15BrSi/c1-16(2,3)11-9-14-7-4-6-13(12-14)8-5-10-15/h4,6-7,12H,10H2,1-3H3. The minimum Gasteiger partial charge on any atom is -0.127 e. The molecule has 0 saturated heterocycles. The summed E-state index contributed by atoms with van der Waals surface area (Å²) >= 11 is 3.29. The maximum absolute atomic E-state index is 3.35. The summed E-state index contributed by atoms with van der Waals surface area (Å²) in [5.41, 5.74) is 5.44. The van der Waals surface area contributed by atoms with E-state index in [-0.39, 0.29) is 0 Å². The molecule has 0 radical (unpaired) electrons. The van der Waals surface area contributed by atoms with E-state index >= 15 is 0 Å². The molecule has 82 valence electrons. The van der Waals surface area contributed by atoms with Crippen LogP contribution in [0, 0.1) is 23.3 Å². The molecule has 16 heavy (non-hydrogen) atoms. The Kier molecular flexibility index (Phi) is 4.87. The van der Waals surface area contributed by atoms with E-state index in [1.807, 2.05) is 24.3 Å². The third-order valence-electron chi connectivity index (χ3n) is 1.74. The maximum atomic E-state index is 3.35. The molecule has 0 heterocycles. The first-order valence-corrected chi connectivity index (χ1v) is 9.81. The summed E-state index contributed by atoms with van der Waals surface area (Å²) < 4.78 is 0. The van der Waals surface area contributed by atoms with Gasteiger partial charge in [-0.3, -0.25) is 0 Å². The molecule has 0 N–H and O–H groups in total. The van der Waals surface area contributed by atoms with Crippen LogP contribution >= 0.6 is 15.9 Å². The van der Waals surface area contributed by atoms with Crippen molar-refractivity contribution in [1.29, 1.82) is 0 Å². The first-order chi connectivity index (χ1) is 7.51. The molecule has 0 aliphatic carbocycles. The van der Waals surface area contributed by atoms with Gasteiger partial charge in [0.05, 0.1) is 5.33 Å². The third kappa shape index (κ3) is 5.21. The third-order valence-corrected chi connectivity index (χ3v) is 2.90. The lowest BCUT2D eigenvalue weighted by Crippen LogP contribution is -2.16. The molecule has 0 unspecified atom stereocenters. The van der Waals surface area contributed by atoms with Crippen molar-refractivity contribution in [2.24, 2.45) is 0 Å². The fraction of sp³-hybridized carbons (Fsp3) is 0.286. The zero-order chi connectivity index (χ0) is 12.0. The minimum absolute atomic E-state index is 0.706. The van der Waals surface area contributed by atoms with Crippen molar-refractivity contribution in [3.05, 3.63) is 35.4 Å². The van der Waals surface area contributed by atoms with Crippen molar-refractivity contribution < 1.29 is 0 Å². The highest BCUT2D eigenvalue weighted by atomic mass is 79.9. The number of benzene rings is 1. The molecule has 0 nitrogen and oxygen atoms in total. The molecule has 0 spiro atoms. The number of halogens is 1. The van der Waals surface area contributed by atoms with Crippen LogP contribution in [0.2, 0.25) is 19.6 Å². The SMILES string of the molecule is C[Si](C)(C)C#Cc1cccc(C#CCBr)c1. The predicted molar refractivity (Wildman–Crippen MR) is 77.3 cm³/mol. The van der Waals surface area contributed by atoms with Gasteiger partial charge in [0.25, 0.3) is 0 Å². The number of alkyl halides is 1. The van der Waals surface area contributed by atoms with E-state index in [0.717, 1.165) is 11.1 Å². The Balaban J connectivity index is 2.94. The molecule has 0 fully saturated rings. The van der Waals surface area contributed by atoms with Gasteiger partial charge in [-0.1, -0.05) is 59.4 Å². The second-order valence-corrected chi connectivity index (χ2v) is 9.83. The fourth-order valence-electron chi connectivity index (χ4n) is 1.07. The van der Waals surface area contributed by atoms with E-state index in [9.17, 15) is 0 Å². The average molecular weight is 291 g/mol. The summed E-state index contributed by atoms with van der Waals surface area (Å²) in [6.07, 6.45) is 0. The molecule has 1 aromatic rings. The Morgan fingerprint density at radius 2 is 1.75 bits per heavy atom. The van der Waals surface area contributed by atoms with Gasteiger partial charge >= 0.3 is 0 Å². The summed E-state index contributed by atoms with van der Waals surface area (Å²) in [6.45, 7) is 6.73. The second-order valence-electron chi connectivity index (χ2n) is 4.52. The van der Waals surface area contributed by atoms with E-state index < -0.39 is 8.07 Å². The molecule has 0 aliphatic rings. The Bertz CT molecular complexity index is 475. The lowest BCUT2D eigenvalue weighted by molar-refractivity contribution is 1.60. The molecular formula is C14H15BrSi. The van der Waals surface area contributed by atoms with Gasteiger partial charge in [0.2, 0.25) is 0 Å². The van der Waals surface area contributed by atoms with Crippen molar-refractivity contribution in [2.75, 3.05) is 5.33 Å². The van der Waals surface area contributed by atoms with E-state index in [1.54, 1.807) is 0 Å². The monoisotopic (exact) mass is 290 g/mol. The molecule has 0 aliphatic heterocycles. The van der Waals surface area contributed by atoms with Crippen LogP contribution in [0.1, 0.15) is 11.1 Å². The van der Waals surface area contributed by atoms with Gasteiger partial charge in [-0.05, 0) is 18.2 Å². The van der Waals surface area contributed by atoms with Crippen molar-refractivity contribution in [2.45, 2.75) is 19.6 Å². The average Bonchev–Trinajstić information content (AvgIpc) is 2.23. The quantitative estimate of drug-likeness (QED) is 0.389. The van der Waals surface area contributed by atoms with Gasteiger partial charge in [0, 0.05) is 11.1 Å². The summed E-state index contributed by atoms with van der Waals surface area (Å²) in [6, 6.07) is 8.09. The summed E-state index contributed by atoms with van der Waals surface area (Å²) in [7, 11) is -1.29. The van der Waals surface area contributed by atoms with Gasteiger partial charge in [-0.2, -0.15) is 0 Å². The fourth-order valence-corrected chi connectivity index (χ4v) is 1.73. The first-order valence-electron chi connectivity index (χ1n) is 5.19. The molecule has 1 aromatic carbocycles. The highest BCUT2D eigenvalue weighted by molar-refractivity contribution is 9.09. The zero-order valence-corrected chi connectivity index (χ0v) is 12.5. The molecule has 2 heteroatoms. The van der Waals surface area contributed by atoms with Crippen LogP contribution in [0.4, 0.5) is 0 Å². The highest BCUT2D eigenvalue weighted by Gasteiger charge is 2.07. The maximum Gasteiger partial charge on any atom is 0.129 e. The molecule has 0 atom stereocenters. The van der Waals surface area contributed by atoms with E-state index in [4.69, 9.17) is 0 Å². The number of rotatable bonds is 0. The number of hydrogen-bond acceptors (Lipinski definition) is 0. The van der Waals surface area contributed by atoms with Crippen LogP contribution in [0.25, 0.3) is 0 Å². The first kappa shape index (κ1) is 13.1. The molecule has 1 rings (SSSR count). The molecule has 0 amide bonds. The Labute approximate surface area is 108 Å². The second kappa shape index (κ2) is 5.94. The summed E-state index contributed by atoms with van der Waals surface area (Å²) in [5, 5.41) is 0.706. The van der Waals surface area contributed by atoms with Crippen LogP contribution in [0.3, 0.4) is 0 Å². The largest absolute Gasteiger partial charge is 0.129 e. The van der Waals surface area contributed by atoms with Crippen LogP contribution in [0.5, 0.6) is 0 Å². The van der Waals surface area contributed by atoms with E-state index in [0.29, 0.717) is 5.33 Å². The Morgan fingerprint density at radius 1 is 1.12 bits per heavy atom. The lowest BCUT2D eigenvalue weighted by Gasteiger charge is -2.03. The van der Waals surface area contributed by atoms with Crippen LogP contribution in [0.15, 0.2) is 24.3 Å². The van der Waals surface area contributed by atoms with Crippen molar-refractivity contribution in [1.82, 2.24) is 0 Å². The van der Waals surface area contributed by atoms with Crippen LogP contribution in [-0.4, -0.2) is 13.4 Å². The molecular weight excluding hydrogens is 276 g/mol. The smallest absolute Gasteiger partial charge is 0.127 e. The van der Waals surface area contributed by atoms with Crippen molar-refractivity contribution in [3.8, 4) is 23.3 Å². The van der Waals surface area contributed by atoms with Gasteiger partial charge in [0.15, 0.2) is 0 Å². The van der Waals surface area contributed by atoms with Crippen molar-refractivity contribution >= 4 is 24.0 Å².